The summed E-state index contributed by atoms with van der Waals surface area (Å²) < 4.78 is 16.0. The van der Waals surface area contributed by atoms with E-state index >= 15 is 0 Å². The number of rotatable bonds is 6. The quantitative estimate of drug-likeness (QED) is 0.414. The zero-order valence-corrected chi connectivity index (χ0v) is 16.1. The molecule has 26 heavy (non-hydrogen) atoms. The van der Waals surface area contributed by atoms with E-state index in [0.29, 0.717) is 17.9 Å². The SMILES string of the molecule is C=CCn1c(SCc2ccccc2F)nnc1-c1csc2c1CCCC2. The summed E-state index contributed by atoms with van der Waals surface area (Å²) in [5, 5.41) is 11.9. The number of benzene rings is 1. The second-order valence-corrected chi connectivity index (χ2v) is 8.25. The molecular formula is C20H20FN3S2. The van der Waals surface area contributed by atoms with Gasteiger partial charge in [0.05, 0.1) is 0 Å². The van der Waals surface area contributed by atoms with Gasteiger partial charge in [0.15, 0.2) is 11.0 Å². The van der Waals surface area contributed by atoms with E-state index in [2.05, 4.69) is 26.7 Å². The van der Waals surface area contributed by atoms with E-state index in [1.807, 2.05) is 29.5 Å². The molecule has 0 bridgehead atoms. The first-order chi connectivity index (χ1) is 12.8. The van der Waals surface area contributed by atoms with Crippen LogP contribution in [0.2, 0.25) is 0 Å². The normalized spacial score (nSPS) is 13.6. The van der Waals surface area contributed by atoms with Crippen molar-refractivity contribution in [2.45, 2.75) is 43.1 Å². The maximum atomic E-state index is 13.9. The fourth-order valence-corrected chi connectivity index (χ4v) is 5.39. The smallest absolute Gasteiger partial charge is 0.192 e. The summed E-state index contributed by atoms with van der Waals surface area (Å²) in [6.45, 7) is 4.52. The number of nitrogens with zero attached hydrogens (tertiary/aromatic N) is 3. The van der Waals surface area contributed by atoms with Crippen LogP contribution in [-0.4, -0.2) is 14.8 Å². The lowest BCUT2D eigenvalue weighted by atomic mass is 9.95. The minimum atomic E-state index is -0.179. The maximum absolute atomic E-state index is 13.9. The molecule has 4 rings (SSSR count). The average Bonchev–Trinajstić information content (AvgIpc) is 3.25. The van der Waals surface area contributed by atoms with Crippen molar-refractivity contribution >= 4 is 23.1 Å². The lowest BCUT2D eigenvalue weighted by Crippen LogP contribution is -2.04. The van der Waals surface area contributed by atoms with Crippen molar-refractivity contribution in [3.8, 4) is 11.4 Å². The summed E-state index contributed by atoms with van der Waals surface area (Å²) in [4.78, 5) is 1.49. The van der Waals surface area contributed by atoms with Gasteiger partial charge in [0.2, 0.25) is 0 Å². The molecule has 1 aliphatic rings. The minimum absolute atomic E-state index is 0.179. The molecule has 0 saturated carbocycles. The van der Waals surface area contributed by atoms with Crippen LogP contribution in [0.3, 0.4) is 0 Å². The number of halogens is 1. The van der Waals surface area contributed by atoms with E-state index < -0.39 is 0 Å². The van der Waals surface area contributed by atoms with Crippen molar-refractivity contribution in [2.24, 2.45) is 0 Å². The van der Waals surface area contributed by atoms with E-state index in [1.165, 1.54) is 53.1 Å². The van der Waals surface area contributed by atoms with Crippen LogP contribution in [0.4, 0.5) is 4.39 Å². The number of fused-ring (bicyclic) bond motifs is 1. The molecule has 0 atom stereocenters. The molecule has 2 aromatic heterocycles. The highest BCUT2D eigenvalue weighted by Crippen LogP contribution is 2.37. The molecule has 2 heterocycles. The monoisotopic (exact) mass is 385 g/mol. The van der Waals surface area contributed by atoms with Crippen molar-refractivity contribution in [3.05, 3.63) is 64.1 Å². The van der Waals surface area contributed by atoms with Gasteiger partial charge in [-0.15, -0.1) is 28.1 Å². The van der Waals surface area contributed by atoms with Crippen molar-refractivity contribution < 1.29 is 4.39 Å². The highest BCUT2D eigenvalue weighted by atomic mass is 32.2. The fraction of sp³-hybridized carbons (Fsp3) is 0.300. The van der Waals surface area contributed by atoms with Crippen LogP contribution in [0, 0.1) is 5.82 Å². The Morgan fingerprint density at radius 2 is 2.08 bits per heavy atom. The van der Waals surface area contributed by atoms with Crippen molar-refractivity contribution in [2.75, 3.05) is 0 Å². The number of allylic oxidation sites excluding steroid dienone is 1. The zero-order valence-electron chi connectivity index (χ0n) is 14.4. The molecule has 0 spiro atoms. The summed E-state index contributed by atoms with van der Waals surface area (Å²) in [6, 6.07) is 6.87. The third-order valence-corrected chi connectivity index (χ3v) is 6.75. The van der Waals surface area contributed by atoms with Crippen molar-refractivity contribution in [1.29, 1.82) is 0 Å². The molecular weight excluding hydrogens is 365 g/mol. The molecule has 0 fully saturated rings. The minimum Gasteiger partial charge on any atom is -0.298 e. The van der Waals surface area contributed by atoms with E-state index in [9.17, 15) is 4.39 Å². The van der Waals surface area contributed by atoms with Gasteiger partial charge in [-0.1, -0.05) is 36.0 Å². The first-order valence-electron chi connectivity index (χ1n) is 8.78. The van der Waals surface area contributed by atoms with Crippen LogP contribution in [0.5, 0.6) is 0 Å². The Labute approximate surface area is 161 Å². The number of thioether (sulfide) groups is 1. The standard InChI is InChI=1S/C20H20FN3S2/c1-2-11-24-19(16-13-25-18-10-6-4-8-15(16)18)22-23-20(24)26-12-14-7-3-5-9-17(14)21/h2-3,5,7,9,13H,1,4,6,8,10-12H2. The second-order valence-electron chi connectivity index (χ2n) is 6.34. The van der Waals surface area contributed by atoms with Gasteiger partial charge in [0.1, 0.15) is 5.82 Å². The van der Waals surface area contributed by atoms with Gasteiger partial charge < -0.3 is 0 Å². The molecule has 0 radical (unpaired) electrons. The second kappa shape index (κ2) is 7.76. The topological polar surface area (TPSA) is 30.7 Å². The largest absolute Gasteiger partial charge is 0.298 e. The molecule has 0 amide bonds. The van der Waals surface area contributed by atoms with Gasteiger partial charge in [-0.05, 0) is 42.9 Å². The fourth-order valence-electron chi connectivity index (χ4n) is 3.33. The number of thiophene rings is 1. The first kappa shape index (κ1) is 17.5. The van der Waals surface area contributed by atoms with E-state index in [4.69, 9.17) is 0 Å². The van der Waals surface area contributed by atoms with E-state index in [1.54, 1.807) is 6.07 Å². The molecule has 0 N–H and O–H groups in total. The number of hydrogen-bond acceptors (Lipinski definition) is 4. The van der Waals surface area contributed by atoms with E-state index in [-0.39, 0.29) is 5.82 Å². The molecule has 1 aromatic carbocycles. The van der Waals surface area contributed by atoms with Crippen LogP contribution in [0.15, 0.2) is 47.5 Å². The molecule has 134 valence electrons. The molecule has 6 heteroatoms. The Kier molecular flexibility index (Phi) is 5.22. The molecule has 0 aliphatic heterocycles. The van der Waals surface area contributed by atoms with Crippen LogP contribution >= 0.6 is 23.1 Å². The Balaban J connectivity index is 1.64. The summed E-state index contributed by atoms with van der Waals surface area (Å²) in [5.41, 5.74) is 3.32. The molecule has 3 nitrogen and oxygen atoms in total. The number of hydrogen-bond donors (Lipinski definition) is 0. The van der Waals surface area contributed by atoms with Gasteiger partial charge in [-0.3, -0.25) is 4.57 Å². The summed E-state index contributed by atoms with van der Waals surface area (Å²) in [6.07, 6.45) is 6.66. The van der Waals surface area contributed by atoms with Crippen molar-refractivity contribution in [1.82, 2.24) is 14.8 Å². The molecule has 0 saturated heterocycles. The van der Waals surface area contributed by atoms with Gasteiger partial charge in [0, 0.05) is 28.1 Å². The first-order valence-corrected chi connectivity index (χ1v) is 10.6. The number of aryl methyl sites for hydroxylation is 1. The predicted molar refractivity (Wildman–Crippen MR) is 106 cm³/mol. The third kappa shape index (κ3) is 3.35. The maximum Gasteiger partial charge on any atom is 0.192 e. The lowest BCUT2D eigenvalue weighted by Gasteiger charge is -2.13. The van der Waals surface area contributed by atoms with Gasteiger partial charge in [-0.2, -0.15) is 0 Å². The van der Waals surface area contributed by atoms with Gasteiger partial charge >= 0.3 is 0 Å². The van der Waals surface area contributed by atoms with Gasteiger partial charge in [-0.25, -0.2) is 4.39 Å². The molecule has 3 aromatic rings. The Morgan fingerprint density at radius 3 is 2.92 bits per heavy atom. The van der Waals surface area contributed by atoms with E-state index in [0.717, 1.165) is 17.4 Å². The Bertz CT molecular complexity index is 929. The van der Waals surface area contributed by atoms with Crippen LogP contribution in [-0.2, 0) is 25.1 Å². The number of aromatic nitrogens is 3. The summed E-state index contributed by atoms with van der Waals surface area (Å²) in [5.74, 6) is 1.26. The zero-order chi connectivity index (χ0) is 17.9. The highest BCUT2D eigenvalue weighted by molar-refractivity contribution is 7.98. The lowest BCUT2D eigenvalue weighted by molar-refractivity contribution is 0.617. The van der Waals surface area contributed by atoms with Crippen LogP contribution < -0.4 is 0 Å². The highest BCUT2D eigenvalue weighted by Gasteiger charge is 2.22. The molecule has 1 aliphatic carbocycles. The molecule has 0 unspecified atom stereocenters. The summed E-state index contributed by atoms with van der Waals surface area (Å²) >= 11 is 3.35. The van der Waals surface area contributed by atoms with Crippen LogP contribution in [0.25, 0.3) is 11.4 Å². The average molecular weight is 386 g/mol. The summed E-state index contributed by atoms with van der Waals surface area (Å²) in [7, 11) is 0. The Hall–Kier alpha value is -1.92. The van der Waals surface area contributed by atoms with Gasteiger partial charge in [0.25, 0.3) is 0 Å². The third-order valence-electron chi connectivity index (χ3n) is 4.65. The van der Waals surface area contributed by atoms with Crippen molar-refractivity contribution in [3.63, 3.8) is 0 Å². The van der Waals surface area contributed by atoms with Crippen LogP contribution in [0.1, 0.15) is 28.8 Å². The Morgan fingerprint density at radius 1 is 1.23 bits per heavy atom. The predicted octanol–water partition coefficient (Wildman–Crippen LogP) is 5.50.